The van der Waals surface area contributed by atoms with Gasteiger partial charge < -0.3 is 26.3 Å². The highest BCUT2D eigenvalue weighted by molar-refractivity contribution is 6.31. The zero-order valence-electron chi connectivity index (χ0n) is 20.5. The summed E-state index contributed by atoms with van der Waals surface area (Å²) in [7, 11) is 0. The summed E-state index contributed by atoms with van der Waals surface area (Å²) < 4.78 is 0. The van der Waals surface area contributed by atoms with Gasteiger partial charge in [0.05, 0.1) is 12.1 Å². The van der Waals surface area contributed by atoms with Gasteiger partial charge in [-0.3, -0.25) is 9.78 Å². The fourth-order valence-electron chi connectivity index (χ4n) is 3.55. The van der Waals surface area contributed by atoms with E-state index in [0.717, 1.165) is 49.1 Å². The third kappa shape index (κ3) is 9.21. The minimum atomic E-state index is -0.220. The molecule has 0 saturated carbocycles. The predicted molar refractivity (Wildman–Crippen MR) is 142 cm³/mol. The van der Waals surface area contributed by atoms with Crippen LogP contribution in [0.5, 0.6) is 0 Å². The molecule has 1 aromatic carbocycles. The molecule has 1 aromatic heterocycles. The average Bonchev–Trinajstić information content (AvgIpc) is 2.79. The number of aromatic nitrogens is 1. The van der Waals surface area contributed by atoms with Gasteiger partial charge in [0, 0.05) is 58.9 Å². The molecule has 186 valence electrons. The number of carbonyl (C=O) groups is 1. The fraction of sp³-hybridized carbons (Fsp3) is 0.440. The number of anilines is 1. The second-order valence-corrected chi connectivity index (χ2v) is 8.98. The van der Waals surface area contributed by atoms with E-state index in [-0.39, 0.29) is 12.5 Å². The number of hydrogen-bond donors (Lipinski definition) is 4. The van der Waals surface area contributed by atoms with Crippen molar-refractivity contribution < 1.29 is 4.79 Å². The monoisotopic (exact) mass is 487 g/mol. The van der Waals surface area contributed by atoms with E-state index < -0.39 is 0 Å². The largest absolute Gasteiger partial charge is 0.399 e. The Kier molecular flexibility index (Phi) is 11.1. The summed E-state index contributed by atoms with van der Waals surface area (Å²) in [4.78, 5) is 18.3. The number of nitrogens with one attached hydrogen (secondary N) is 2. The highest BCUT2D eigenvalue weighted by Gasteiger charge is 2.09. The molecule has 0 aliphatic heterocycles. The van der Waals surface area contributed by atoms with Crippen LogP contribution in [0.15, 0.2) is 54.5 Å². The van der Waals surface area contributed by atoms with E-state index in [2.05, 4.69) is 40.9 Å². The van der Waals surface area contributed by atoms with Crippen molar-refractivity contribution in [3.63, 3.8) is 0 Å². The van der Waals surface area contributed by atoms with Gasteiger partial charge in [-0.15, -0.1) is 0 Å². The first kappa shape index (κ1) is 27.4. The molecule has 0 spiro atoms. The summed E-state index contributed by atoms with van der Waals surface area (Å²) in [6, 6.07) is 8.11. The van der Waals surface area contributed by atoms with E-state index in [0.29, 0.717) is 28.9 Å². The van der Waals surface area contributed by atoms with Crippen LogP contribution in [0.4, 0.5) is 5.69 Å². The van der Waals surface area contributed by atoms with Crippen LogP contribution < -0.4 is 22.2 Å². The molecule has 9 heteroatoms. The molecular formula is C25H38ClN7O. The number of nitrogens with two attached hydrogens (primary N) is 2. The van der Waals surface area contributed by atoms with Crippen molar-refractivity contribution in [2.75, 3.05) is 38.0 Å². The van der Waals surface area contributed by atoms with Gasteiger partial charge in [-0.05, 0) is 64.0 Å². The van der Waals surface area contributed by atoms with Crippen molar-refractivity contribution in [1.29, 1.82) is 0 Å². The number of nitrogens with zero attached hydrogens (tertiary/aromatic N) is 3. The number of pyridine rings is 1. The van der Waals surface area contributed by atoms with E-state index in [1.54, 1.807) is 24.3 Å². The fourth-order valence-corrected chi connectivity index (χ4v) is 3.71. The average molecular weight is 488 g/mol. The normalized spacial score (nSPS) is 12.6. The van der Waals surface area contributed by atoms with Crippen molar-refractivity contribution in [3.8, 4) is 0 Å². The van der Waals surface area contributed by atoms with Crippen LogP contribution in [0.25, 0.3) is 10.9 Å². The van der Waals surface area contributed by atoms with Gasteiger partial charge in [0.15, 0.2) is 0 Å². The van der Waals surface area contributed by atoms with E-state index in [1.807, 2.05) is 24.3 Å². The van der Waals surface area contributed by atoms with Gasteiger partial charge in [0.1, 0.15) is 0 Å². The zero-order valence-corrected chi connectivity index (χ0v) is 21.2. The minimum absolute atomic E-state index is 0.220. The van der Waals surface area contributed by atoms with Crippen molar-refractivity contribution in [3.05, 3.63) is 59.5 Å². The number of benzene rings is 1. The van der Waals surface area contributed by atoms with Gasteiger partial charge in [-0.1, -0.05) is 25.1 Å². The molecule has 0 fully saturated rings. The van der Waals surface area contributed by atoms with Crippen molar-refractivity contribution in [2.45, 2.75) is 39.7 Å². The van der Waals surface area contributed by atoms with Crippen LogP contribution in [0.1, 0.15) is 33.6 Å². The number of hydrazine groups is 1. The molecule has 2 aromatic rings. The van der Waals surface area contributed by atoms with Crippen molar-refractivity contribution in [1.82, 2.24) is 20.2 Å². The maximum absolute atomic E-state index is 11.6. The molecule has 1 atom stereocenters. The molecule has 0 radical (unpaired) electrons. The van der Waals surface area contributed by atoms with Crippen LogP contribution in [-0.4, -0.2) is 59.6 Å². The standard InChI is InChI=1S/C25H38ClN7O/c1-5-32(13-14-33(28)17-21(27)16-30-25(34)18(2)3)12-6-7-19(4)31-23-10-11-29-24-15-20(26)8-9-22(23)24/h8-11,15,17,19H,2,5-7,12-14,16,27-28H2,1,3-4H3,(H,29,31)(H,30,34)/b21-17-. The Morgan fingerprint density at radius 1 is 1.29 bits per heavy atom. The molecule has 2 rings (SSSR count). The lowest BCUT2D eigenvalue weighted by Crippen LogP contribution is -2.38. The molecule has 6 N–H and O–H groups in total. The number of halogens is 1. The van der Waals surface area contributed by atoms with Crippen LogP contribution in [-0.2, 0) is 4.79 Å². The maximum atomic E-state index is 11.6. The SMILES string of the molecule is C=C(C)C(=O)NC/C(N)=C/N(N)CCN(CC)CCCC(C)Nc1ccnc2cc(Cl)ccc12. The second-order valence-electron chi connectivity index (χ2n) is 8.55. The van der Waals surface area contributed by atoms with E-state index in [1.165, 1.54) is 0 Å². The summed E-state index contributed by atoms with van der Waals surface area (Å²) in [5.41, 5.74) is 8.84. The Bertz CT molecular complexity index is 994. The molecule has 0 saturated heterocycles. The lowest BCUT2D eigenvalue weighted by molar-refractivity contribution is -0.117. The van der Waals surface area contributed by atoms with Gasteiger partial charge in [0.25, 0.3) is 0 Å². The highest BCUT2D eigenvalue weighted by atomic mass is 35.5. The van der Waals surface area contributed by atoms with Crippen LogP contribution >= 0.6 is 11.6 Å². The minimum Gasteiger partial charge on any atom is -0.399 e. The summed E-state index contributed by atoms with van der Waals surface area (Å²) in [6.07, 6.45) is 5.56. The zero-order chi connectivity index (χ0) is 25.1. The predicted octanol–water partition coefficient (Wildman–Crippen LogP) is 3.46. The quantitative estimate of drug-likeness (QED) is 0.183. The first-order chi connectivity index (χ1) is 16.2. The summed E-state index contributed by atoms with van der Waals surface area (Å²) in [5, 5.41) is 9.63. The number of carbonyl (C=O) groups excluding carboxylic acids is 1. The highest BCUT2D eigenvalue weighted by Crippen LogP contribution is 2.25. The first-order valence-corrected chi connectivity index (χ1v) is 12.0. The number of hydrogen-bond acceptors (Lipinski definition) is 7. The van der Waals surface area contributed by atoms with Crippen molar-refractivity contribution in [2.24, 2.45) is 11.6 Å². The summed E-state index contributed by atoms with van der Waals surface area (Å²) >= 11 is 6.09. The molecule has 34 heavy (non-hydrogen) atoms. The van der Waals surface area contributed by atoms with Gasteiger partial charge in [0.2, 0.25) is 5.91 Å². The Balaban J connectivity index is 1.74. The first-order valence-electron chi connectivity index (χ1n) is 11.6. The van der Waals surface area contributed by atoms with E-state index in [9.17, 15) is 4.79 Å². The van der Waals surface area contributed by atoms with Gasteiger partial charge >= 0.3 is 0 Å². The third-order valence-corrected chi connectivity index (χ3v) is 5.75. The van der Waals surface area contributed by atoms with Crippen LogP contribution in [0.3, 0.4) is 0 Å². The number of amides is 1. The third-order valence-electron chi connectivity index (χ3n) is 5.51. The molecule has 1 amide bonds. The Labute approximate surface area is 208 Å². The lowest BCUT2D eigenvalue weighted by Gasteiger charge is -2.24. The number of rotatable bonds is 14. The molecule has 0 aliphatic carbocycles. The summed E-state index contributed by atoms with van der Waals surface area (Å²) in [6.45, 7) is 13.2. The Hall–Kier alpha value is -2.81. The number of fused-ring (bicyclic) bond motifs is 1. The Morgan fingerprint density at radius 3 is 2.76 bits per heavy atom. The van der Waals surface area contributed by atoms with Crippen molar-refractivity contribution >= 4 is 34.1 Å². The van der Waals surface area contributed by atoms with E-state index in [4.69, 9.17) is 23.2 Å². The maximum Gasteiger partial charge on any atom is 0.246 e. The van der Waals surface area contributed by atoms with Crippen LogP contribution in [0, 0.1) is 0 Å². The van der Waals surface area contributed by atoms with Gasteiger partial charge in [-0.25, -0.2) is 5.84 Å². The number of likely N-dealkylation sites (N-methyl/N-ethyl adjacent to an activating group) is 1. The molecule has 0 aliphatic rings. The molecule has 1 unspecified atom stereocenters. The molecule has 0 bridgehead atoms. The van der Waals surface area contributed by atoms with Gasteiger partial charge in [-0.2, -0.15) is 0 Å². The lowest BCUT2D eigenvalue weighted by atomic mass is 10.1. The smallest absolute Gasteiger partial charge is 0.246 e. The molecule has 8 nitrogen and oxygen atoms in total. The second kappa shape index (κ2) is 13.8. The van der Waals surface area contributed by atoms with E-state index >= 15 is 0 Å². The Morgan fingerprint density at radius 2 is 2.06 bits per heavy atom. The molecular weight excluding hydrogens is 450 g/mol. The molecule has 1 heterocycles. The summed E-state index contributed by atoms with van der Waals surface area (Å²) in [5.74, 6) is 5.84. The topological polar surface area (TPSA) is 113 Å². The van der Waals surface area contributed by atoms with Crippen LogP contribution in [0.2, 0.25) is 5.02 Å².